The Kier molecular flexibility index (Phi) is 5.05. The standard InChI is InChI=1S/C14H15NO7/c1-20-13(16)10-6-12(8-21-7-10)22-14(17)9-2-4-11(5-3-9)15(18)19/h2-5,10,12H,6-8H2,1H3. The second kappa shape index (κ2) is 6.99. The minimum absolute atomic E-state index is 0.108. The van der Waals surface area contributed by atoms with E-state index in [4.69, 9.17) is 9.47 Å². The van der Waals surface area contributed by atoms with Gasteiger partial charge in [-0.3, -0.25) is 14.9 Å². The second-order valence-corrected chi connectivity index (χ2v) is 4.82. The van der Waals surface area contributed by atoms with E-state index in [1.165, 1.54) is 31.4 Å². The van der Waals surface area contributed by atoms with Crippen molar-refractivity contribution in [1.29, 1.82) is 0 Å². The maximum Gasteiger partial charge on any atom is 0.338 e. The average molecular weight is 309 g/mol. The molecule has 22 heavy (non-hydrogen) atoms. The van der Waals surface area contributed by atoms with Crippen LogP contribution < -0.4 is 0 Å². The predicted molar refractivity (Wildman–Crippen MR) is 73.2 cm³/mol. The van der Waals surface area contributed by atoms with Gasteiger partial charge in [0, 0.05) is 18.6 Å². The van der Waals surface area contributed by atoms with Crippen LogP contribution in [-0.2, 0) is 19.0 Å². The Morgan fingerprint density at radius 1 is 1.27 bits per heavy atom. The number of methoxy groups -OCH3 is 1. The van der Waals surface area contributed by atoms with E-state index in [1.54, 1.807) is 0 Å². The highest BCUT2D eigenvalue weighted by Gasteiger charge is 2.31. The number of nitrogens with zero attached hydrogens (tertiary/aromatic N) is 1. The number of nitro benzene ring substituents is 1. The Labute approximate surface area is 126 Å². The van der Waals surface area contributed by atoms with Crippen molar-refractivity contribution in [2.45, 2.75) is 12.5 Å². The third kappa shape index (κ3) is 3.79. The van der Waals surface area contributed by atoms with E-state index in [9.17, 15) is 19.7 Å². The number of hydrogen-bond donors (Lipinski definition) is 0. The molecule has 1 aliphatic rings. The summed E-state index contributed by atoms with van der Waals surface area (Å²) >= 11 is 0. The zero-order chi connectivity index (χ0) is 16.1. The van der Waals surface area contributed by atoms with Gasteiger partial charge in [0.15, 0.2) is 0 Å². The van der Waals surface area contributed by atoms with Crippen LogP contribution in [0.25, 0.3) is 0 Å². The molecule has 0 bridgehead atoms. The molecule has 2 atom stereocenters. The van der Waals surface area contributed by atoms with Crippen molar-refractivity contribution in [3.05, 3.63) is 39.9 Å². The fraction of sp³-hybridized carbons (Fsp3) is 0.429. The zero-order valence-corrected chi connectivity index (χ0v) is 11.9. The van der Waals surface area contributed by atoms with Gasteiger partial charge < -0.3 is 14.2 Å². The van der Waals surface area contributed by atoms with E-state index in [0.717, 1.165) is 0 Å². The molecule has 0 radical (unpaired) electrons. The molecule has 0 saturated carbocycles. The quantitative estimate of drug-likeness (QED) is 0.469. The van der Waals surface area contributed by atoms with Gasteiger partial charge in [-0.15, -0.1) is 0 Å². The highest BCUT2D eigenvalue weighted by Crippen LogP contribution is 2.20. The highest BCUT2D eigenvalue weighted by atomic mass is 16.6. The topological polar surface area (TPSA) is 105 Å². The Bertz CT molecular complexity index is 569. The number of nitro groups is 1. The van der Waals surface area contributed by atoms with Gasteiger partial charge >= 0.3 is 11.9 Å². The molecule has 0 N–H and O–H groups in total. The van der Waals surface area contributed by atoms with Crippen LogP contribution in [0.15, 0.2) is 24.3 Å². The average Bonchev–Trinajstić information content (AvgIpc) is 2.54. The number of non-ortho nitro benzene ring substituents is 1. The molecule has 1 heterocycles. The summed E-state index contributed by atoms with van der Waals surface area (Å²) < 4.78 is 15.1. The fourth-order valence-corrected chi connectivity index (χ4v) is 2.15. The minimum atomic E-state index is -0.617. The fourth-order valence-electron chi connectivity index (χ4n) is 2.15. The molecule has 1 aromatic carbocycles. The van der Waals surface area contributed by atoms with Crippen molar-refractivity contribution in [2.24, 2.45) is 5.92 Å². The molecule has 0 aromatic heterocycles. The lowest BCUT2D eigenvalue weighted by atomic mass is 10.0. The molecule has 2 rings (SSSR count). The van der Waals surface area contributed by atoms with Crippen LogP contribution in [0.2, 0.25) is 0 Å². The highest BCUT2D eigenvalue weighted by molar-refractivity contribution is 5.89. The summed E-state index contributed by atoms with van der Waals surface area (Å²) in [6.45, 7) is 0.435. The maximum absolute atomic E-state index is 12.0. The molecule has 0 spiro atoms. The van der Waals surface area contributed by atoms with Crippen LogP contribution in [0.4, 0.5) is 5.69 Å². The summed E-state index contributed by atoms with van der Waals surface area (Å²) in [5.41, 5.74) is 0.0918. The van der Waals surface area contributed by atoms with E-state index in [2.05, 4.69) is 4.74 Å². The van der Waals surface area contributed by atoms with Crippen molar-refractivity contribution in [3.8, 4) is 0 Å². The Hall–Kier alpha value is -2.48. The SMILES string of the molecule is COC(=O)C1COCC(OC(=O)c2ccc([N+](=O)[O-])cc2)C1. The number of esters is 2. The van der Waals surface area contributed by atoms with Crippen molar-refractivity contribution in [3.63, 3.8) is 0 Å². The molecule has 118 valence electrons. The number of carbonyl (C=O) groups excluding carboxylic acids is 2. The third-order valence-electron chi connectivity index (χ3n) is 3.29. The summed E-state index contributed by atoms with van der Waals surface area (Å²) in [5.74, 6) is -1.49. The lowest BCUT2D eigenvalue weighted by Gasteiger charge is -2.27. The van der Waals surface area contributed by atoms with Crippen LogP contribution in [0, 0.1) is 16.0 Å². The van der Waals surface area contributed by atoms with Crippen molar-refractivity contribution >= 4 is 17.6 Å². The monoisotopic (exact) mass is 309 g/mol. The Morgan fingerprint density at radius 2 is 1.95 bits per heavy atom. The number of benzene rings is 1. The van der Waals surface area contributed by atoms with Gasteiger partial charge in [0.2, 0.25) is 0 Å². The van der Waals surface area contributed by atoms with E-state index in [0.29, 0.717) is 6.42 Å². The van der Waals surface area contributed by atoms with Gasteiger partial charge in [0.25, 0.3) is 5.69 Å². The normalized spacial score (nSPS) is 21.0. The minimum Gasteiger partial charge on any atom is -0.469 e. The first-order chi connectivity index (χ1) is 10.5. The lowest BCUT2D eigenvalue weighted by Crippen LogP contribution is -2.37. The van der Waals surface area contributed by atoms with Gasteiger partial charge in [-0.25, -0.2) is 4.79 Å². The largest absolute Gasteiger partial charge is 0.469 e. The first kappa shape index (κ1) is 15.9. The van der Waals surface area contributed by atoms with Crippen molar-refractivity contribution < 1.29 is 28.7 Å². The number of carbonyl (C=O) groups is 2. The number of rotatable bonds is 4. The Balaban J connectivity index is 1.96. The van der Waals surface area contributed by atoms with Crippen LogP contribution in [0.1, 0.15) is 16.8 Å². The van der Waals surface area contributed by atoms with Crippen LogP contribution in [0.3, 0.4) is 0 Å². The van der Waals surface area contributed by atoms with E-state index in [1.807, 2.05) is 0 Å². The first-order valence-corrected chi connectivity index (χ1v) is 6.62. The molecule has 8 nitrogen and oxygen atoms in total. The summed E-state index contributed by atoms with van der Waals surface area (Å²) in [4.78, 5) is 33.4. The molecule has 8 heteroatoms. The lowest BCUT2D eigenvalue weighted by molar-refractivity contribution is -0.384. The van der Waals surface area contributed by atoms with Gasteiger partial charge in [0.1, 0.15) is 6.10 Å². The van der Waals surface area contributed by atoms with Crippen LogP contribution >= 0.6 is 0 Å². The van der Waals surface area contributed by atoms with Gasteiger partial charge in [-0.05, 0) is 12.1 Å². The third-order valence-corrected chi connectivity index (χ3v) is 3.29. The smallest absolute Gasteiger partial charge is 0.338 e. The van der Waals surface area contributed by atoms with Crippen molar-refractivity contribution in [2.75, 3.05) is 20.3 Å². The molecule has 1 fully saturated rings. The summed E-state index contributed by atoms with van der Waals surface area (Å²) in [6.07, 6.45) is -0.230. The second-order valence-electron chi connectivity index (χ2n) is 4.82. The number of hydrogen-bond acceptors (Lipinski definition) is 7. The molecule has 0 aliphatic carbocycles. The summed E-state index contributed by atoms with van der Waals surface area (Å²) in [6, 6.07) is 5.10. The summed E-state index contributed by atoms with van der Waals surface area (Å²) in [7, 11) is 1.29. The maximum atomic E-state index is 12.0. The molecule has 1 aliphatic heterocycles. The number of ether oxygens (including phenoxy) is 3. The van der Waals surface area contributed by atoms with Gasteiger partial charge in [-0.1, -0.05) is 0 Å². The van der Waals surface area contributed by atoms with Crippen LogP contribution in [0.5, 0.6) is 0 Å². The first-order valence-electron chi connectivity index (χ1n) is 6.62. The van der Waals surface area contributed by atoms with Gasteiger partial charge in [-0.2, -0.15) is 0 Å². The molecule has 2 unspecified atom stereocenters. The molecule has 0 amide bonds. The van der Waals surface area contributed by atoms with Crippen LogP contribution in [-0.4, -0.2) is 43.3 Å². The molecular weight excluding hydrogens is 294 g/mol. The summed E-state index contributed by atoms with van der Waals surface area (Å²) in [5, 5.41) is 10.6. The Morgan fingerprint density at radius 3 is 2.55 bits per heavy atom. The molecule has 1 aromatic rings. The molecular formula is C14H15NO7. The zero-order valence-electron chi connectivity index (χ0n) is 11.9. The van der Waals surface area contributed by atoms with E-state index in [-0.39, 0.29) is 24.5 Å². The van der Waals surface area contributed by atoms with E-state index < -0.39 is 28.9 Å². The predicted octanol–water partition coefficient (Wildman–Crippen LogP) is 1.33. The van der Waals surface area contributed by atoms with E-state index >= 15 is 0 Å². The van der Waals surface area contributed by atoms with Gasteiger partial charge in [0.05, 0.1) is 36.7 Å². The molecule has 1 saturated heterocycles. The van der Waals surface area contributed by atoms with Crippen molar-refractivity contribution in [1.82, 2.24) is 0 Å².